The van der Waals surface area contributed by atoms with Gasteiger partial charge in [0.2, 0.25) is 0 Å². The Morgan fingerprint density at radius 2 is 2.19 bits per heavy atom. The molecule has 7 heteroatoms. The zero-order valence-electron chi connectivity index (χ0n) is 11.4. The van der Waals surface area contributed by atoms with E-state index >= 15 is 0 Å². The van der Waals surface area contributed by atoms with Crippen molar-refractivity contribution in [3.8, 4) is 17.6 Å². The van der Waals surface area contributed by atoms with Crippen LogP contribution in [0.15, 0.2) is 23.8 Å². The largest absolute Gasteiger partial charge is 0.493 e. The van der Waals surface area contributed by atoms with Crippen LogP contribution in [-0.4, -0.2) is 26.3 Å². The summed E-state index contributed by atoms with van der Waals surface area (Å²) in [6.07, 6.45) is 1.11. The molecule has 0 radical (unpaired) electrons. The molecule has 1 aromatic carbocycles. The zero-order chi connectivity index (χ0) is 15.8. The van der Waals surface area contributed by atoms with Crippen molar-refractivity contribution in [1.29, 1.82) is 5.26 Å². The van der Waals surface area contributed by atoms with Gasteiger partial charge in [0.25, 0.3) is 0 Å². The van der Waals surface area contributed by atoms with Gasteiger partial charge in [-0.05, 0) is 19.1 Å². The number of carbonyl (C=O) groups is 1. The lowest BCUT2D eigenvalue weighted by Gasteiger charge is -2.12. The molecule has 0 saturated heterocycles. The SMILES string of the molecule is CCOC(=O)/C(C#N)=C/c1cccc(OC)c1OC(F)F. The average molecular weight is 297 g/mol. The van der Waals surface area contributed by atoms with Crippen LogP contribution in [0.2, 0.25) is 0 Å². The number of alkyl halides is 2. The minimum absolute atomic E-state index is 0.0604. The molecule has 0 aliphatic carbocycles. The third kappa shape index (κ3) is 4.45. The fourth-order valence-corrected chi connectivity index (χ4v) is 1.52. The number of benzene rings is 1. The van der Waals surface area contributed by atoms with Crippen molar-refractivity contribution in [1.82, 2.24) is 0 Å². The molecule has 0 bridgehead atoms. The Bertz CT molecular complexity index is 579. The summed E-state index contributed by atoms with van der Waals surface area (Å²) in [7, 11) is 1.29. The molecule has 0 aliphatic rings. The molecule has 0 N–H and O–H groups in total. The minimum atomic E-state index is -3.07. The fourth-order valence-electron chi connectivity index (χ4n) is 1.52. The lowest BCUT2D eigenvalue weighted by Crippen LogP contribution is -2.07. The summed E-state index contributed by atoms with van der Waals surface area (Å²) >= 11 is 0. The average Bonchev–Trinajstić information content (AvgIpc) is 2.45. The van der Waals surface area contributed by atoms with Gasteiger partial charge in [0.1, 0.15) is 11.6 Å². The monoisotopic (exact) mass is 297 g/mol. The summed E-state index contributed by atoms with van der Waals surface area (Å²) in [5, 5.41) is 8.94. The Morgan fingerprint density at radius 3 is 2.71 bits per heavy atom. The quantitative estimate of drug-likeness (QED) is 0.459. The molecular weight excluding hydrogens is 284 g/mol. The van der Waals surface area contributed by atoms with Crippen LogP contribution in [0, 0.1) is 11.3 Å². The maximum Gasteiger partial charge on any atom is 0.387 e. The number of nitriles is 1. The van der Waals surface area contributed by atoms with E-state index < -0.39 is 12.6 Å². The molecule has 1 rings (SSSR count). The van der Waals surface area contributed by atoms with Gasteiger partial charge >= 0.3 is 12.6 Å². The number of hydrogen-bond acceptors (Lipinski definition) is 5. The summed E-state index contributed by atoms with van der Waals surface area (Å²) in [4.78, 5) is 11.5. The van der Waals surface area contributed by atoms with Crippen LogP contribution >= 0.6 is 0 Å². The highest BCUT2D eigenvalue weighted by molar-refractivity contribution is 5.98. The van der Waals surface area contributed by atoms with Gasteiger partial charge in [-0.25, -0.2) is 4.79 Å². The van der Waals surface area contributed by atoms with Crippen LogP contribution in [0.3, 0.4) is 0 Å². The van der Waals surface area contributed by atoms with Crippen LogP contribution in [-0.2, 0) is 9.53 Å². The van der Waals surface area contributed by atoms with Crippen molar-refractivity contribution in [2.24, 2.45) is 0 Å². The normalized spacial score (nSPS) is 11.0. The highest BCUT2D eigenvalue weighted by Gasteiger charge is 2.17. The van der Waals surface area contributed by atoms with E-state index in [1.165, 1.54) is 25.3 Å². The summed E-state index contributed by atoms with van der Waals surface area (Å²) in [6.45, 7) is -1.39. The van der Waals surface area contributed by atoms with E-state index in [4.69, 9.17) is 14.7 Å². The van der Waals surface area contributed by atoms with Crippen molar-refractivity contribution in [3.05, 3.63) is 29.3 Å². The molecule has 0 atom stereocenters. The summed E-state index contributed by atoms with van der Waals surface area (Å²) < 4.78 is 38.9. The first-order chi connectivity index (χ1) is 10.0. The first-order valence-corrected chi connectivity index (χ1v) is 5.94. The minimum Gasteiger partial charge on any atom is -0.493 e. The molecule has 5 nitrogen and oxygen atoms in total. The van der Waals surface area contributed by atoms with Gasteiger partial charge < -0.3 is 14.2 Å². The van der Waals surface area contributed by atoms with Crippen LogP contribution in [0.4, 0.5) is 8.78 Å². The number of methoxy groups -OCH3 is 1. The van der Waals surface area contributed by atoms with Gasteiger partial charge in [0.05, 0.1) is 13.7 Å². The van der Waals surface area contributed by atoms with Crippen LogP contribution < -0.4 is 9.47 Å². The molecule has 0 saturated carbocycles. The Morgan fingerprint density at radius 1 is 1.48 bits per heavy atom. The lowest BCUT2D eigenvalue weighted by atomic mass is 10.1. The third-order valence-corrected chi connectivity index (χ3v) is 2.35. The van der Waals surface area contributed by atoms with E-state index in [0.717, 1.165) is 6.08 Å². The van der Waals surface area contributed by atoms with Gasteiger partial charge in [-0.3, -0.25) is 0 Å². The van der Waals surface area contributed by atoms with Crippen molar-refractivity contribution in [3.63, 3.8) is 0 Å². The number of para-hydroxylation sites is 1. The summed E-state index contributed by atoms with van der Waals surface area (Å²) in [5.41, 5.74) is -0.219. The molecule has 0 aromatic heterocycles. The number of rotatable bonds is 6. The summed E-state index contributed by atoms with van der Waals surface area (Å²) in [6, 6.07) is 6.01. The fraction of sp³-hybridized carbons (Fsp3) is 0.286. The zero-order valence-corrected chi connectivity index (χ0v) is 11.4. The second kappa shape index (κ2) is 7.85. The number of carbonyl (C=O) groups excluding carboxylic acids is 1. The lowest BCUT2D eigenvalue weighted by molar-refractivity contribution is -0.137. The highest BCUT2D eigenvalue weighted by atomic mass is 19.3. The molecule has 0 heterocycles. The molecule has 0 fully saturated rings. The maximum atomic E-state index is 12.5. The topological polar surface area (TPSA) is 68.6 Å². The molecule has 21 heavy (non-hydrogen) atoms. The Hall–Kier alpha value is -2.62. The molecule has 112 valence electrons. The van der Waals surface area contributed by atoms with E-state index in [1.54, 1.807) is 13.0 Å². The molecular formula is C14H13F2NO4. The first-order valence-electron chi connectivity index (χ1n) is 5.94. The molecule has 1 aromatic rings. The highest BCUT2D eigenvalue weighted by Crippen LogP contribution is 2.33. The molecule has 0 amide bonds. The van der Waals surface area contributed by atoms with Crippen LogP contribution in [0.25, 0.3) is 6.08 Å². The Balaban J connectivity index is 3.28. The van der Waals surface area contributed by atoms with Gasteiger partial charge in [-0.2, -0.15) is 14.0 Å². The van der Waals surface area contributed by atoms with E-state index in [0.29, 0.717) is 0 Å². The predicted octanol–water partition coefficient (Wildman–Crippen LogP) is 2.77. The van der Waals surface area contributed by atoms with E-state index in [-0.39, 0.29) is 29.2 Å². The van der Waals surface area contributed by atoms with Gasteiger partial charge in [0.15, 0.2) is 11.5 Å². The number of esters is 1. The smallest absolute Gasteiger partial charge is 0.387 e. The third-order valence-electron chi connectivity index (χ3n) is 2.35. The van der Waals surface area contributed by atoms with Gasteiger partial charge in [-0.1, -0.05) is 12.1 Å². The number of nitrogens with zero attached hydrogens (tertiary/aromatic N) is 1. The van der Waals surface area contributed by atoms with Gasteiger partial charge in [-0.15, -0.1) is 0 Å². The molecule has 0 aliphatic heterocycles. The predicted molar refractivity (Wildman–Crippen MR) is 69.8 cm³/mol. The van der Waals surface area contributed by atoms with Crippen molar-refractivity contribution in [2.45, 2.75) is 13.5 Å². The molecule has 0 unspecified atom stereocenters. The molecule has 0 spiro atoms. The number of halogens is 2. The Labute approximate surface area is 120 Å². The van der Waals surface area contributed by atoms with Crippen molar-refractivity contribution >= 4 is 12.0 Å². The van der Waals surface area contributed by atoms with Gasteiger partial charge in [0, 0.05) is 5.56 Å². The van der Waals surface area contributed by atoms with Crippen LogP contribution in [0.1, 0.15) is 12.5 Å². The Kier molecular flexibility index (Phi) is 6.14. The maximum absolute atomic E-state index is 12.5. The standard InChI is InChI=1S/C14H13F2NO4/c1-3-20-13(18)10(8-17)7-9-5-4-6-11(19-2)12(9)21-14(15)16/h4-7,14H,3H2,1-2H3/b10-7+. The second-order valence-electron chi connectivity index (χ2n) is 3.65. The number of hydrogen-bond donors (Lipinski definition) is 0. The first kappa shape index (κ1) is 16.4. The van der Waals surface area contributed by atoms with Crippen LogP contribution in [0.5, 0.6) is 11.5 Å². The van der Waals surface area contributed by atoms with E-state index in [1.807, 2.05) is 0 Å². The van der Waals surface area contributed by atoms with E-state index in [9.17, 15) is 13.6 Å². The summed E-state index contributed by atoms with van der Waals surface area (Å²) in [5.74, 6) is -1.04. The van der Waals surface area contributed by atoms with E-state index in [2.05, 4.69) is 4.74 Å². The second-order valence-corrected chi connectivity index (χ2v) is 3.65. The van der Waals surface area contributed by atoms with Crippen molar-refractivity contribution < 1.29 is 27.8 Å². The van der Waals surface area contributed by atoms with Crippen molar-refractivity contribution in [2.75, 3.05) is 13.7 Å². The number of ether oxygens (including phenoxy) is 3.